The minimum Gasteiger partial charge on any atom is -0.268 e. The lowest BCUT2D eigenvalue weighted by molar-refractivity contribution is 0.0981. The predicted octanol–water partition coefficient (Wildman–Crippen LogP) is 1.62. The summed E-state index contributed by atoms with van der Waals surface area (Å²) < 4.78 is 63.5. The smallest absolute Gasteiger partial charge is 0.265 e. The molecule has 0 heterocycles. The molecule has 26 heavy (non-hydrogen) atoms. The summed E-state index contributed by atoms with van der Waals surface area (Å²) >= 11 is 0. The maximum Gasteiger partial charge on any atom is 0.265 e. The summed E-state index contributed by atoms with van der Waals surface area (Å²) in [7, 11) is -8.90. The van der Waals surface area contributed by atoms with Gasteiger partial charge in [-0.15, -0.1) is 0 Å². The van der Waals surface area contributed by atoms with Crippen LogP contribution in [0.3, 0.4) is 0 Å². The molecule has 0 aliphatic heterocycles. The number of sulfonamides is 2. The van der Waals surface area contributed by atoms with Crippen molar-refractivity contribution in [2.24, 2.45) is 5.14 Å². The molecule has 0 saturated heterocycles. The van der Waals surface area contributed by atoms with Crippen LogP contribution in [0.15, 0.2) is 58.8 Å². The summed E-state index contributed by atoms with van der Waals surface area (Å²) in [4.78, 5) is 10.8. The van der Waals surface area contributed by atoms with Gasteiger partial charge in [0, 0.05) is 11.1 Å². The third-order valence-corrected chi connectivity index (χ3v) is 5.85. The molecule has 1 amide bonds. The number of carbonyl (C=O) groups excluding carboxylic acids is 1. The maximum atomic E-state index is 14.0. The van der Waals surface area contributed by atoms with E-state index in [1.165, 1.54) is 24.3 Å². The van der Waals surface area contributed by atoms with Gasteiger partial charge in [-0.3, -0.25) is 4.79 Å². The van der Waals surface area contributed by atoms with Crippen LogP contribution in [0.25, 0.3) is 5.57 Å². The number of carbonyl (C=O) groups is 1. The highest BCUT2D eigenvalue weighted by molar-refractivity contribution is 7.92. The van der Waals surface area contributed by atoms with Crippen LogP contribution in [0.2, 0.25) is 0 Å². The number of allylic oxidation sites excluding steroid dienone is 1. The van der Waals surface area contributed by atoms with E-state index in [-0.39, 0.29) is 11.1 Å². The number of hydrogen-bond donors (Lipinski definition) is 2. The van der Waals surface area contributed by atoms with Crippen molar-refractivity contribution in [2.75, 3.05) is 0 Å². The van der Waals surface area contributed by atoms with E-state index in [0.717, 1.165) is 18.2 Å². The maximum absolute atomic E-state index is 14.0. The molecule has 0 bridgehead atoms. The molecular formula is C16H15FN2O5S2. The van der Waals surface area contributed by atoms with Gasteiger partial charge in [-0.05, 0) is 36.8 Å². The molecule has 0 atom stereocenters. The number of halogens is 1. The lowest BCUT2D eigenvalue weighted by atomic mass is 10.1. The molecule has 10 heteroatoms. The standard InChI is InChI=1S/C16H15FN2O5S2/c1-10(2)12-8-7-11(9-13(12)17)16(20)19-26(23,24)15-6-4-3-5-14(15)25(18,21)22/h3-9H,1H2,2H3,(H,19,20)(H2,18,21,22). The van der Waals surface area contributed by atoms with E-state index in [4.69, 9.17) is 5.14 Å². The minimum atomic E-state index is -4.56. The van der Waals surface area contributed by atoms with Gasteiger partial charge in [-0.25, -0.2) is 31.1 Å². The number of amides is 1. The van der Waals surface area contributed by atoms with Gasteiger partial charge in [-0.2, -0.15) is 0 Å². The van der Waals surface area contributed by atoms with Gasteiger partial charge in [-0.1, -0.05) is 24.8 Å². The van der Waals surface area contributed by atoms with Crippen LogP contribution in [-0.2, 0) is 20.0 Å². The lowest BCUT2D eigenvalue weighted by Crippen LogP contribution is -2.32. The van der Waals surface area contributed by atoms with Gasteiger partial charge in [0.15, 0.2) is 0 Å². The van der Waals surface area contributed by atoms with Gasteiger partial charge in [0.25, 0.3) is 15.9 Å². The molecule has 0 unspecified atom stereocenters. The van der Waals surface area contributed by atoms with E-state index in [0.29, 0.717) is 5.57 Å². The summed E-state index contributed by atoms with van der Waals surface area (Å²) in [6.07, 6.45) is 0. The Morgan fingerprint density at radius 1 is 1.08 bits per heavy atom. The third-order valence-electron chi connectivity index (χ3n) is 3.36. The fraction of sp³-hybridized carbons (Fsp3) is 0.0625. The Morgan fingerprint density at radius 2 is 1.65 bits per heavy atom. The van der Waals surface area contributed by atoms with E-state index >= 15 is 0 Å². The number of hydrogen-bond acceptors (Lipinski definition) is 5. The molecule has 0 aliphatic carbocycles. The first-order valence-corrected chi connectivity index (χ1v) is 10.1. The number of primary sulfonamides is 1. The van der Waals surface area contributed by atoms with Crippen molar-refractivity contribution in [1.29, 1.82) is 0 Å². The summed E-state index contributed by atoms with van der Waals surface area (Å²) in [5, 5.41) is 5.00. The molecule has 0 saturated carbocycles. The van der Waals surface area contributed by atoms with Crippen molar-refractivity contribution in [3.8, 4) is 0 Å². The molecule has 2 aromatic carbocycles. The summed E-state index contributed by atoms with van der Waals surface area (Å²) in [6.45, 7) is 5.16. The average molecular weight is 398 g/mol. The zero-order chi connectivity index (χ0) is 19.7. The molecule has 138 valence electrons. The van der Waals surface area contributed by atoms with Crippen LogP contribution in [0.4, 0.5) is 4.39 Å². The van der Waals surface area contributed by atoms with Gasteiger partial charge < -0.3 is 0 Å². The molecule has 0 radical (unpaired) electrons. The van der Waals surface area contributed by atoms with Crippen molar-refractivity contribution in [2.45, 2.75) is 16.7 Å². The average Bonchev–Trinajstić information content (AvgIpc) is 2.53. The van der Waals surface area contributed by atoms with Gasteiger partial charge in [0.1, 0.15) is 15.6 Å². The largest absolute Gasteiger partial charge is 0.268 e. The highest BCUT2D eigenvalue weighted by Gasteiger charge is 2.26. The molecule has 3 N–H and O–H groups in total. The fourth-order valence-electron chi connectivity index (χ4n) is 2.15. The summed E-state index contributed by atoms with van der Waals surface area (Å²) in [5.74, 6) is -1.87. The van der Waals surface area contributed by atoms with Crippen LogP contribution >= 0.6 is 0 Å². The molecule has 0 fully saturated rings. The first-order valence-electron chi connectivity index (χ1n) is 7.08. The normalized spacial score (nSPS) is 11.8. The van der Waals surface area contributed by atoms with E-state index in [1.54, 1.807) is 11.6 Å². The molecule has 0 spiro atoms. The van der Waals surface area contributed by atoms with E-state index < -0.39 is 41.6 Å². The Morgan fingerprint density at radius 3 is 2.15 bits per heavy atom. The Hall–Kier alpha value is -2.56. The van der Waals surface area contributed by atoms with Gasteiger partial charge in [0.05, 0.1) is 0 Å². The van der Waals surface area contributed by atoms with Crippen molar-refractivity contribution in [1.82, 2.24) is 4.72 Å². The SMILES string of the molecule is C=C(C)c1ccc(C(=O)NS(=O)(=O)c2ccccc2S(N)(=O)=O)cc1F. The van der Waals surface area contributed by atoms with E-state index in [2.05, 4.69) is 6.58 Å². The second-order valence-electron chi connectivity index (χ2n) is 5.40. The number of nitrogens with one attached hydrogen (secondary N) is 1. The first-order chi connectivity index (χ1) is 11.9. The van der Waals surface area contributed by atoms with E-state index in [1.807, 2.05) is 0 Å². The highest BCUT2D eigenvalue weighted by Crippen LogP contribution is 2.21. The molecule has 7 nitrogen and oxygen atoms in total. The number of nitrogens with two attached hydrogens (primary N) is 1. The quantitative estimate of drug-likeness (QED) is 0.792. The van der Waals surface area contributed by atoms with E-state index in [9.17, 15) is 26.0 Å². The Kier molecular flexibility index (Phi) is 5.31. The Bertz CT molecular complexity index is 1110. The van der Waals surface area contributed by atoms with Crippen LogP contribution in [0, 0.1) is 5.82 Å². The first kappa shape index (κ1) is 19.8. The van der Waals surface area contributed by atoms with Gasteiger partial charge in [0.2, 0.25) is 10.0 Å². The second kappa shape index (κ2) is 6.98. The number of rotatable bonds is 5. The monoisotopic (exact) mass is 398 g/mol. The number of benzene rings is 2. The van der Waals surface area contributed by atoms with Crippen LogP contribution < -0.4 is 9.86 Å². The third kappa shape index (κ3) is 4.15. The van der Waals surface area contributed by atoms with Crippen molar-refractivity contribution in [3.63, 3.8) is 0 Å². The van der Waals surface area contributed by atoms with Crippen LogP contribution in [0.1, 0.15) is 22.8 Å². The molecule has 2 aromatic rings. The summed E-state index contributed by atoms with van der Waals surface area (Å²) in [5.41, 5.74) is 0.359. The Balaban J connectivity index is 2.41. The zero-order valence-corrected chi connectivity index (χ0v) is 15.2. The van der Waals surface area contributed by atoms with Crippen molar-refractivity contribution in [3.05, 3.63) is 66.0 Å². The van der Waals surface area contributed by atoms with Gasteiger partial charge >= 0.3 is 0 Å². The van der Waals surface area contributed by atoms with Crippen LogP contribution in [0.5, 0.6) is 0 Å². The molecule has 2 rings (SSSR count). The molecular weight excluding hydrogens is 383 g/mol. The highest BCUT2D eigenvalue weighted by atomic mass is 32.2. The van der Waals surface area contributed by atoms with Crippen LogP contribution in [-0.4, -0.2) is 22.7 Å². The zero-order valence-electron chi connectivity index (χ0n) is 13.6. The van der Waals surface area contributed by atoms with Crippen molar-refractivity contribution < 1.29 is 26.0 Å². The predicted molar refractivity (Wildman–Crippen MR) is 93.6 cm³/mol. The minimum absolute atomic E-state index is 0.184. The topological polar surface area (TPSA) is 123 Å². The summed E-state index contributed by atoms with van der Waals surface area (Å²) in [6, 6.07) is 7.92. The molecule has 0 aliphatic rings. The fourth-order valence-corrected chi connectivity index (χ4v) is 4.50. The lowest BCUT2D eigenvalue weighted by Gasteiger charge is -2.11. The Labute approximate surface area is 150 Å². The van der Waals surface area contributed by atoms with Crippen molar-refractivity contribution >= 4 is 31.5 Å². The molecule has 0 aromatic heterocycles. The second-order valence-corrected chi connectivity index (χ2v) is 8.58.